The summed E-state index contributed by atoms with van der Waals surface area (Å²) >= 11 is 0.0586. The van der Waals surface area contributed by atoms with Gasteiger partial charge in [-0.2, -0.15) is 0 Å². The molecule has 0 fully saturated rings. The summed E-state index contributed by atoms with van der Waals surface area (Å²) in [6.45, 7) is 2.42. The molecule has 0 aromatic heterocycles. The summed E-state index contributed by atoms with van der Waals surface area (Å²) < 4.78 is 11.9. The van der Waals surface area contributed by atoms with E-state index in [1.54, 1.807) is 31.4 Å². The second-order valence-corrected chi connectivity index (χ2v) is 6.93. The van der Waals surface area contributed by atoms with Crippen LogP contribution in [0.4, 0.5) is 5.69 Å². The zero-order valence-electron chi connectivity index (χ0n) is 14.3. The van der Waals surface area contributed by atoms with Crippen LogP contribution in [0.15, 0.2) is 54.6 Å². The Morgan fingerprint density at radius 1 is 1.16 bits per heavy atom. The molecule has 0 aliphatic heterocycles. The van der Waals surface area contributed by atoms with Crippen LogP contribution in [0.5, 0.6) is 5.75 Å². The van der Waals surface area contributed by atoms with Crippen molar-refractivity contribution in [2.45, 2.75) is 19.4 Å². The number of hydrogen-bond acceptors (Lipinski definition) is 3. The zero-order valence-corrected chi connectivity index (χ0v) is 16.0. The zero-order chi connectivity index (χ0) is 17.9. The van der Waals surface area contributed by atoms with Crippen LogP contribution in [0.1, 0.15) is 13.3 Å². The number of anilines is 1. The molecule has 1 atom stereocenters. The van der Waals surface area contributed by atoms with Gasteiger partial charge in [-0.1, -0.05) is 0 Å². The van der Waals surface area contributed by atoms with Gasteiger partial charge in [-0.05, 0) is 0 Å². The van der Waals surface area contributed by atoms with Crippen molar-refractivity contribution in [3.63, 3.8) is 0 Å². The molecule has 1 amide bonds. The van der Waals surface area contributed by atoms with Crippen LogP contribution in [0.3, 0.4) is 0 Å². The first kappa shape index (κ1) is 19.1. The van der Waals surface area contributed by atoms with E-state index in [1.807, 2.05) is 25.1 Å². The molecule has 1 N–H and O–H groups in total. The first-order chi connectivity index (χ1) is 12.2. The number of hydrogen-bond donors (Lipinski definition) is 1. The van der Waals surface area contributed by atoms with Gasteiger partial charge in [0.05, 0.1) is 0 Å². The third-order valence-electron chi connectivity index (χ3n) is 3.24. The van der Waals surface area contributed by atoms with E-state index < -0.39 is 6.10 Å². The van der Waals surface area contributed by atoms with Crippen molar-refractivity contribution in [2.24, 2.45) is 0 Å². The fourth-order valence-electron chi connectivity index (χ4n) is 2.05. The van der Waals surface area contributed by atoms with Gasteiger partial charge in [0.15, 0.2) is 0 Å². The third kappa shape index (κ3) is 7.03. The van der Waals surface area contributed by atoms with Crippen molar-refractivity contribution in [1.29, 1.82) is 0 Å². The predicted octanol–water partition coefficient (Wildman–Crippen LogP) is 2.42. The molecule has 2 aromatic carbocycles. The normalized spacial score (nSPS) is 11.1. The number of nitrogens with one attached hydrogen (secondary N) is 1. The SMILES string of the molecule is CCOC(C#C[Se]c1ccccc1)CC(=O)Nc1ccc(OC)cc1. The van der Waals surface area contributed by atoms with Crippen molar-refractivity contribution in [2.75, 3.05) is 19.0 Å². The molecule has 5 heteroatoms. The third-order valence-corrected chi connectivity index (χ3v) is 4.77. The standard InChI is InChI=1S/C20H21NO3Se/c1-3-24-18(13-14-25-19-7-5-4-6-8-19)15-20(22)21-16-9-11-17(23-2)12-10-16/h4-12,18H,3,15H2,1-2H3,(H,21,22). The van der Waals surface area contributed by atoms with E-state index in [1.165, 1.54) is 4.46 Å². The van der Waals surface area contributed by atoms with Gasteiger partial charge in [-0.3, -0.25) is 0 Å². The average Bonchev–Trinajstić information content (AvgIpc) is 2.63. The van der Waals surface area contributed by atoms with Crippen LogP contribution < -0.4 is 14.5 Å². The van der Waals surface area contributed by atoms with Gasteiger partial charge in [0.2, 0.25) is 0 Å². The van der Waals surface area contributed by atoms with E-state index in [0.717, 1.165) is 11.4 Å². The average molecular weight is 402 g/mol. The summed E-state index contributed by atoms with van der Waals surface area (Å²) in [5.74, 6) is 3.71. The van der Waals surface area contributed by atoms with Gasteiger partial charge in [0.1, 0.15) is 0 Å². The quantitative estimate of drug-likeness (QED) is 0.572. The Morgan fingerprint density at radius 2 is 1.88 bits per heavy atom. The topological polar surface area (TPSA) is 47.6 Å². The molecule has 2 aromatic rings. The Bertz CT molecular complexity index is 720. The number of carbonyl (C=O) groups excluding carboxylic acids is 1. The summed E-state index contributed by atoms with van der Waals surface area (Å²) in [6, 6.07) is 17.3. The molecule has 0 bridgehead atoms. The Kier molecular flexibility index (Phi) is 8.07. The van der Waals surface area contributed by atoms with E-state index >= 15 is 0 Å². The molecule has 130 valence electrons. The van der Waals surface area contributed by atoms with Gasteiger partial charge < -0.3 is 0 Å². The van der Waals surface area contributed by atoms with Gasteiger partial charge in [-0.15, -0.1) is 0 Å². The molecule has 25 heavy (non-hydrogen) atoms. The Labute approximate surface area is 155 Å². The Hall–Kier alpha value is -2.25. The van der Waals surface area contributed by atoms with Gasteiger partial charge in [0.25, 0.3) is 0 Å². The molecular weight excluding hydrogens is 381 g/mol. The Balaban J connectivity index is 1.90. The molecule has 0 aliphatic carbocycles. The fraction of sp³-hybridized carbons (Fsp3) is 0.250. The summed E-state index contributed by atoms with van der Waals surface area (Å²) in [5, 5.41) is 2.85. The van der Waals surface area contributed by atoms with Gasteiger partial charge in [-0.25, -0.2) is 0 Å². The van der Waals surface area contributed by atoms with E-state index in [9.17, 15) is 4.79 Å². The van der Waals surface area contributed by atoms with E-state index in [0.29, 0.717) is 6.61 Å². The van der Waals surface area contributed by atoms with E-state index in [2.05, 4.69) is 28.2 Å². The second kappa shape index (κ2) is 10.6. The monoisotopic (exact) mass is 403 g/mol. The molecule has 0 heterocycles. The number of methoxy groups -OCH3 is 1. The van der Waals surface area contributed by atoms with E-state index in [4.69, 9.17) is 9.47 Å². The van der Waals surface area contributed by atoms with Crippen LogP contribution in [-0.4, -0.2) is 40.7 Å². The number of rotatable bonds is 7. The van der Waals surface area contributed by atoms with E-state index in [-0.39, 0.29) is 27.3 Å². The molecule has 2 rings (SSSR count). The van der Waals surface area contributed by atoms with Crippen molar-refractivity contribution in [3.8, 4) is 16.5 Å². The summed E-state index contributed by atoms with van der Waals surface area (Å²) in [6.07, 6.45) is -0.189. The molecule has 0 saturated heterocycles. The summed E-state index contributed by atoms with van der Waals surface area (Å²) in [7, 11) is 1.61. The molecule has 0 radical (unpaired) electrons. The van der Waals surface area contributed by atoms with Crippen molar-refractivity contribution in [3.05, 3.63) is 54.6 Å². The minimum atomic E-state index is -0.395. The number of carbonyl (C=O) groups is 1. The molecule has 0 spiro atoms. The number of ether oxygens (including phenoxy) is 2. The molecule has 0 saturated carbocycles. The Morgan fingerprint density at radius 3 is 2.52 bits per heavy atom. The maximum atomic E-state index is 12.2. The summed E-state index contributed by atoms with van der Waals surface area (Å²) in [5.41, 5.74) is 0.725. The summed E-state index contributed by atoms with van der Waals surface area (Å²) in [4.78, 5) is 15.4. The molecule has 0 aliphatic rings. The number of amides is 1. The van der Waals surface area contributed by atoms with Crippen LogP contribution >= 0.6 is 0 Å². The van der Waals surface area contributed by atoms with Crippen molar-refractivity contribution >= 4 is 31.0 Å². The van der Waals surface area contributed by atoms with Crippen molar-refractivity contribution in [1.82, 2.24) is 0 Å². The van der Waals surface area contributed by atoms with Crippen molar-refractivity contribution < 1.29 is 14.3 Å². The fourth-order valence-corrected chi connectivity index (χ4v) is 3.31. The minimum absolute atomic E-state index is 0.0586. The second-order valence-electron chi connectivity index (χ2n) is 5.09. The first-order valence-corrected chi connectivity index (χ1v) is 9.70. The first-order valence-electron chi connectivity index (χ1n) is 7.99. The maximum absolute atomic E-state index is 12.2. The predicted molar refractivity (Wildman–Crippen MR) is 101 cm³/mol. The molecule has 1 unspecified atom stereocenters. The molecule has 4 nitrogen and oxygen atoms in total. The number of benzene rings is 2. The van der Waals surface area contributed by atoms with Crippen LogP contribution in [0.25, 0.3) is 0 Å². The van der Waals surface area contributed by atoms with Crippen LogP contribution in [0, 0.1) is 10.7 Å². The van der Waals surface area contributed by atoms with Crippen LogP contribution in [0.2, 0.25) is 0 Å². The van der Waals surface area contributed by atoms with Crippen LogP contribution in [-0.2, 0) is 9.53 Å². The van der Waals surface area contributed by atoms with Gasteiger partial charge >= 0.3 is 155 Å². The molecular formula is C20H21NO3Se. The van der Waals surface area contributed by atoms with Gasteiger partial charge in [0, 0.05) is 0 Å².